The summed E-state index contributed by atoms with van der Waals surface area (Å²) < 4.78 is 20.3. The standard InChI is InChI=1S/C45H57B3N4O5/c1-5-30-8-9-33(20-35(30)28(2)53)57-34-22-44(23-34)12-16-51(17-13-44)25-29-10-14-50(15-11-29)26-39-41(55-3)18-32(19-42(39)56-4)38-27-52(45(46,47)48)43(54)37-24-49-40(21-36(37)38)31-6-7-31/h5,8-9,18-21,24,27,29,31,34H,1,6-7,10-17,22-23,25-26,46-48H2,2-4H3. The largest absolute Gasteiger partial charge is 0.496 e. The lowest BCUT2D eigenvalue weighted by Gasteiger charge is -2.52. The van der Waals surface area contributed by atoms with Crippen molar-refractivity contribution in [1.82, 2.24) is 19.4 Å². The lowest BCUT2D eigenvalue weighted by Crippen LogP contribution is -2.51. The van der Waals surface area contributed by atoms with E-state index in [-0.39, 0.29) is 17.4 Å². The first kappa shape index (κ1) is 39.5. The van der Waals surface area contributed by atoms with Crippen LogP contribution in [0.3, 0.4) is 0 Å². The minimum Gasteiger partial charge on any atom is -0.496 e. The summed E-state index contributed by atoms with van der Waals surface area (Å²) in [5.74, 6) is 3.63. The Kier molecular flexibility index (Phi) is 11.0. The van der Waals surface area contributed by atoms with Crippen LogP contribution in [0.25, 0.3) is 28.0 Å². The first-order chi connectivity index (χ1) is 27.4. The zero-order chi connectivity index (χ0) is 40.1. The number of nitrogens with zero attached hydrogens (tertiary/aromatic N) is 4. The van der Waals surface area contributed by atoms with Crippen LogP contribution < -0.4 is 19.8 Å². The van der Waals surface area contributed by atoms with Gasteiger partial charge in [0, 0.05) is 48.2 Å². The van der Waals surface area contributed by atoms with E-state index in [1.165, 1.54) is 32.2 Å². The minimum atomic E-state index is -0.398. The molecule has 4 aliphatic rings. The van der Waals surface area contributed by atoms with E-state index in [9.17, 15) is 9.59 Å². The maximum atomic E-state index is 13.7. The summed E-state index contributed by atoms with van der Waals surface area (Å²) in [5.41, 5.74) is 6.01. The van der Waals surface area contributed by atoms with Crippen LogP contribution in [0.2, 0.25) is 0 Å². The van der Waals surface area contributed by atoms with E-state index in [4.69, 9.17) is 19.2 Å². The maximum absolute atomic E-state index is 13.7. The SMILES string of the molecule is BC(B)(B)n1cc(-c2cc(OC)c(CN3CCC(CN4CCC5(CC4)CC(Oc4ccc(C=C)c(C(C)=O)c4)C5)CC3)c(OC)c2)c2cc(C3CC3)ncc2c1=O. The van der Waals surface area contributed by atoms with Gasteiger partial charge in [0.05, 0.1) is 31.3 Å². The second-order valence-corrected chi connectivity index (χ2v) is 18.4. The smallest absolute Gasteiger partial charge is 0.258 e. The summed E-state index contributed by atoms with van der Waals surface area (Å²) in [6, 6.07) is 12.2. The summed E-state index contributed by atoms with van der Waals surface area (Å²) >= 11 is 0. The molecule has 1 spiro atoms. The van der Waals surface area contributed by atoms with Gasteiger partial charge in [-0.15, -0.1) is 0 Å². The van der Waals surface area contributed by atoms with Crippen LogP contribution in [-0.2, 0) is 11.8 Å². The first-order valence-electron chi connectivity index (χ1n) is 21.1. The number of ether oxygens (including phenoxy) is 3. The van der Waals surface area contributed by atoms with Crippen molar-refractivity contribution in [2.45, 2.75) is 82.1 Å². The molecule has 4 aromatic rings. The molecule has 0 bridgehead atoms. The molecule has 8 rings (SSSR count). The number of benzene rings is 2. The van der Waals surface area contributed by atoms with E-state index >= 15 is 0 Å². The van der Waals surface area contributed by atoms with Gasteiger partial charge in [-0.1, -0.05) is 18.7 Å². The molecule has 2 aromatic heterocycles. The second-order valence-electron chi connectivity index (χ2n) is 18.4. The fourth-order valence-corrected chi connectivity index (χ4v) is 9.69. The van der Waals surface area contributed by atoms with Gasteiger partial charge < -0.3 is 23.7 Å². The maximum Gasteiger partial charge on any atom is 0.258 e. The zero-order valence-corrected chi connectivity index (χ0v) is 34.9. The molecule has 4 heterocycles. The Morgan fingerprint density at radius 3 is 2.23 bits per heavy atom. The second kappa shape index (κ2) is 15.8. The number of methoxy groups -OCH3 is 2. The number of pyridine rings is 2. The van der Waals surface area contributed by atoms with Gasteiger partial charge in [-0.05, 0) is 148 Å². The highest BCUT2D eigenvalue weighted by atomic mass is 16.5. The fourth-order valence-electron chi connectivity index (χ4n) is 9.69. The van der Waals surface area contributed by atoms with Gasteiger partial charge in [0.2, 0.25) is 0 Å². The van der Waals surface area contributed by atoms with Gasteiger partial charge in [0.25, 0.3) is 5.56 Å². The Hall–Kier alpha value is -4.28. The molecule has 0 amide bonds. The van der Waals surface area contributed by atoms with Crippen molar-refractivity contribution in [3.63, 3.8) is 0 Å². The number of ketones is 1. The van der Waals surface area contributed by atoms with Crippen molar-refractivity contribution in [3.8, 4) is 28.4 Å². The molecular formula is C45H57B3N4O5. The van der Waals surface area contributed by atoms with Crippen LogP contribution in [0.4, 0.5) is 0 Å². The molecule has 4 fully saturated rings. The van der Waals surface area contributed by atoms with Crippen LogP contribution >= 0.6 is 0 Å². The number of likely N-dealkylation sites (tertiary alicyclic amines) is 2. The van der Waals surface area contributed by atoms with Crippen molar-refractivity contribution in [3.05, 3.63) is 88.1 Å². The molecule has 2 aliphatic carbocycles. The molecule has 0 atom stereocenters. The molecule has 0 unspecified atom stereocenters. The average Bonchev–Trinajstić information content (AvgIpc) is 4.04. The minimum absolute atomic E-state index is 0.0185. The Balaban J connectivity index is 0.881. The van der Waals surface area contributed by atoms with E-state index in [0.29, 0.717) is 28.2 Å². The van der Waals surface area contributed by atoms with E-state index < -0.39 is 5.24 Å². The number of carbonyl (C=O) groups is 1. The van der Waals surface area contributed by atoms with Crippen LogP contribution in [0.15, 0.2) is 60.2 Å². The number of hydrogen-bond donors (Lipinski definition) is 0. The first-order valence-corrected chi connectivity index (χ1v) is 21.1. The Morgan fingerprint density at radius 1 is 0.947 bits per heavy atom. The summed E-state index contributed by atoms with van der Waals surface area (Å²) in [6.07, 6.45) is 15.1. The molecule has 57 heavy (non-hydrogen) atoms. The van der Waals surface area contributed by atoms with Gasteiger partial charge in [-0.25, -0.2) is 0 Å². The molecular weight excluding hydrogens is 709 g/mol. The van der Waals surface area contributed by atoms with Gasteiger partial charge in [0.15, 0.2) is 5.78 Å². The predicted octanol–water partition coefficient (Wildman–Crippen LogP) is 4.81. The molecule has 2 saturated heterocycles. The van der Waals surface area contributed by atoms with Crippen LogP contribution in [0.5, 0.6) is 17.2 Å². The number of hydrogen-bond acceptors (Lipinski definition) is 8. The molecule has 2 aromatic carbocycles. The van der Waals surface area contributed by atoms with E-state index in [1.807, 2.05) is 29.0 Å². The van der Waals surface area contributed by atoms with Gasteiger partial charge in [-0.3, -0.25) is 19.5 Å². The Morgan fingerprint density at radius 2 is 1.63 bits per heavy atom. The average molecular weight is 766 g/mol. The highest BCUT2D eigenvalue weighted by molar-refractivity contribution is 6.56. The van der Waals surface area contributed by atoms with Crippen molar-refractivity contribution in [2.24, 2.45) is 11.3 Å². The molecule has 0 N–H and O–H groups in total. The Bertz CT molecular complexity index is 2200. The summed E-state index contributed by atoms with van der Waals surface area (Å²) in [7, 11) is 9.66. The third-order valence-electron chi connectivity index (χ3n) is 13.3. The fraction of sp³-hybridized carbons (Fsp3) is 0.489. The van der Waals surface area contributed by atoms with Gasteiger partial charge in [-0.2, -0.15) is 0 Å². The van der Waals surface area contributed by atoms with Crippen LogP contribution in [0, 0.1) is 11.3 Å². The van der Waals surface area contributed by atoms with E-state index in [2.05, 4.69) is 58.1 Å². The lowest BCUT2D eigenvalue weighted by atomic mass is 9.49. The predicted molar refractivity (Wildman–Crippen MR) is 236 cm³/mol. The number of rotatable bonds is 13. The van der Waals surface area contributed by atoms with Crippen molar-refractivity contribution >= 4 is 46.2 Å². The van der Waals surface area contributed by atoms with Crippen LogP contribution in [-0.4, -0.2) is 102 Å². The van der Waals surface area contributed by atoms with Crippen molar-refractivity contribution in [1.29, 1.82) is 0 Å². The number of fused-ring (bicyclic) bond motifs is 1. The molecule has 296 valence electrons. The third-order valence-corrected chi connectivity index (χ3v) is 13.3. The molecule has 12 heteroatoms. The quantitative estimate of drug-likeness (QED) is 0.142. The summed E-state index contributed by atoms with van der Waals surface area (Å²) in [4.78, 5) is 35.8. The summed E-state index contributed by atoms with van der Waals surface area (Å²) in [6.45, 7) is 11.8. The molecule has 0 radical (unpaired) electrons. The summed E-state index contributed by atoms with van der Waals surface area (Å²) in [5, 5.41) is 1.17. The van der Waals surface area contributed by atoms with Gasteiger partial charge >= 0.3 is 0 Å². The number of carbonyl (C=O) groups excluding carboxylic acids is 1. The zero-order valence-electron chi connectivity index (χ0n) is 34.9. The number of aromatic nitrogens is 2. The molecule has 9 nitrogen and oxygen atoms in total. The third kappa shape index (κ3) is 8.22. The van der Waals surface area contributed by atoms with E-state index in [1.54, 1.807) is 33.4 Å². The topological polar surface area (TPSA) is 86.1 Å². The Labute approximate surface area is 340 Å². The van der Waals surface area contributed by atoms with E-state index in [0.717, 1.165) is 109 Å². The number of Topliss-reactive ketones (excluding diaryl/α,β-unsaturated/α-hetero) is 1. The molecule has 2 aliphatic heterocycles. The lowest BCUT2D eigenvalue weighted by molar-refractivity contribution is -0.0580. The van der Waals surface area contributed by atoms with Crippen molar-refractivity contribution < 1.29 is 19.0 Å². The highest BCUT2D eigenvalue weighted by Gasteiger charge is 2.47. The van der Waals surface area contributed by atoms with Gasteiger partial charge in [0.1, 0.15) is 40.8 Å². The monoisotopic (exact) mass is 766 g/mol. The normalized spacial score (nSPS) is 19.4. The van der Waals surface area contributed by atoms with Crippen LogP contribution in [0.1, 0.15) is 91.4 Å². The van der Waals surface area contributed by atoms with Crippen molar-refractivity contribution in [2.75, 3.05) is 46.9 Å². The number of piperidine rings is 2. The highest BCUT2D eigenvalue weighted by Crippen LogP contribution is 2.51. The molecule has 2 saturated carbocycles.